The fourth-order valence-electron chi connectivity index (χ4n) is 11.8. The van der Waals surface area contributed by atoms with Crippen LogP contribution in [0.15, 0.2) is 215 Å². The Labute approximate surface area is 874 Å². The Hall–Kier alpha value is -6.22. The number of carbonyl (C=O) groups is 1. The molecule has 4 aromatic carbocycles. The first-order valence-electron chi connectivity index (χ1n) is 38.0. The number of rotatable bonds is 10. The van der Waals surface area contributed by atoms with E-state index in [1.165, 1.54) is 0 Å². The van der Waals surface area contributed by atoms with E-state index in [9.17, 15) is 0 Å². The van der Waals surface area contributed by atoms with Gasteiger partial charge in [0.2, 0.25) is 17.6 Å². The summed E-state index contributed by atoms with van der Waals surface area (Å²) in [6, 6.07) is 37.4. The van der Waals surface area contributed by atoms with E-state index in [0.29, 0.717) is 34.3 Å². The fourth-order valence-corrected chi connectivity index (χ4v) is 12.8. The molecule has 0 bridgehead atoms. The molecule has 3 fully saturated rings. The minimum absolute atomic E-state index is 0. The number of terminal acetylenes is 1. The fraction of sp³-hybridized carbons (Fsp3) is 0.300. The van der Waals surface area contributed by atoms with Gasteiger partial charge in [-0.05, 0) is 297 Å². The van der Waals surface area contributed by atoms with Crippen molar-refractivity contribution in [2.24, 2.45) is 0 Å². The van der Waals surface area contributed by atoms with Gasteiger partial charge in [0.1, 0.15) is 63.1 Å². The van der Waals surface area contributed by atoms with Crippen molar-refractivity contribution in [2.75, 3.05) is 0 Å². The van der Waals surface area contributed by atoms with Crippen LogP contribution in [0.25, 0.3) is 55.0 Å². The van der Waals surface area contributed by atoms with E-state index in [2.05, 4.69) is 140 Å². The predicted octanol–water partition coefficient (Wildman–Crippen LogP) is 16.4. The van der Waals surface area contributed by atoms with Crippen molar-refractivity contribution in [2.45, 2.75) is 180 Å². The van der Waals surface area contributed by atoms with E-state index < -0.39 is 14.0 Å². The van der Waals surface area contributed by atoms with Crippen LogP contribution in [0.3, 0.4) is 0 Å². The van der Waals surface area contributed by atoms with E-state index in [-0.39, 0.29) is 194 Å². The number of benzene rings is 4. The Bertz CT molecular complexity index is 5780. The molecule has 17 rings (SSSR count). The van der Waals surface area contributed by atoms with Crippen molar-refractivity contribution in [3.8, 4) is 64.6 Å². The molecule has 0 atom stereocenters. The van der Waals surface area contributed by atoms with Gasteiger partial charge in [0.05, 0.1) is 96.1 Å². The van der Waals surface area contributed by atoms with Gasteiger partial charge in [-0.3, -0.25) is 4.79 Å². The van der Waals surface area contributed by atoms with Gasteiger partial charge in [0, 0.05) is 50.7 Å². The Morgan fingerprint density at radius 3 is 1.10 bits per heavy atom. The summed E-state index contributed by atoms with van der Waals surface area (Å²) in [5.41, 5.74) is 12.3. The van der Waals surface area contributed by atoms with E-state index in [1.807, 2.05) is 201 Å². The first-order valence-corrected chi connectivity index (χ1v) is 40.7. The number of phenols is 1. The number of aromatic nitrogens is 8. The second-order valence-electron chi connectivity index (χ2n) is 30.7. The van der Waals surface area contributed by atoms with Gasteiger partial charge >= 0.3 is 159 Å². The van der Waals surface area contributed by atoms with Crippen molar-refractivity contribution in [1.29, 1.82) is 0 Å². The van der Waals surface area contributed by atoms with Gasteiger partial charge < -0.3 is 76.5 Å². The van der Waals surface area contributed by atoms with Gasteiger partial charge in [-0.2, -0.15) is 0 Å². The number of hydrogen-bond acceptors (Lipinski definition) is 25. The average molecular weight is 2140 g/mol. The number of aryl methyl sites for hydroxylation is 8. The molecule has 0 radical (unpaired) electrons. The van der Waals surface area contributed by atoms with Gasteiger partial charge in [-0.1, -0.05) is 63.0 Å². The van der Waals surface area contributed by atoms with Crippen LogP contribution >= 0.6 is 59.4 Å². The summed E-state index contributed by atoms with van der Waals surface area (Å²) >= 11 is 15.9. The van der Waals surface area contributed by atoms with Crippen LogP contribution in [0.2, 0.25) is 5.15 Å². The van der Waals surface area contributed by atoms with E-state index in [1.54, 1.807) is 86.8 Å². The predicted molar refractivity (Wildman–Crippen MR) is 486 cm³/mol. The summed E-state index contributed by atoms with van der Waals surface area (Å²) in [6.45, 7) is 40.2. The summed E-state index contributed by atoms with van der Waals surface area (Å²) in [6.07, 6.45) is 24.3. The summed E-state index contributed by atoms with van der Waals surface area (Å²) in [5.74, 6) is 4.14. The number of ether oxygens (including phenoxy) is 3. The third-order valence-corrected chi connectivity index (χ3v) is 23.9. The maximum Gasteiger partial charge on any atom is 1.00 e. The van der Waals surface area contributed by atoms with Gasteiger partial charge in [-0.15, -0.1) is 12.8 Å². The number of furan rings is 4. The molecule has 14 aromatic rings. The number of nitrogens with zero attached hydrogens (tertiary/aromatic N) is 8. The van der Waals surface area contributed by atoms with E-state index >= 15 is 0 Å². The van der Waals surface area contributed by atoms with Crippen molar-refractivity contribution in [3.05, 3.63) is 247 Å². The molecule has 0 amide bonds. The van der Waals surface area contributed by atoms with Gasteiger partial charge in [0.15, 0.2) is 0 Å². The van der Waals surface area contributed by atoms with Gasteiger partial charge in [-0.25, -0.2) is 39.9 Å². The molecule has 0 aliphatic carbocycles. The van der Waals surface area contributed by atoms with Crippen LogP contribution in [0.5, 0.6) is 40.6 Å². The van der Waals surface area contributed by atoms with Crippen LogP contribution in [0.4, 0.5) is 0 Å². The standard InChI is InChI=1S/C20H22BNO4.C20H17N3O2.C14H10BrNO2.C12H24B2O4.C7H7BrO.C7H4ClNO.C6H7BrN2.C2H2.CH2O3.CH4.2Cs.H/c1-13-12-14(24-18-15-9-11-23-17(15)8-10-22-18)6-7-16(13)21-25-19(2,3)20(4,5)26-21;1-12-10-15(25-20-17-7-9-24-18(17)6-8-21-20)4-5-16(12)19-13(2)22-11-23-14(19)3;1-9-8-10(2-3-12(9)15)18-14-11-5-7-17-13(11)4-6-16-14;1-9(2)10(3,4)16-13(15-9)14-17-11(5,6)12(7,8)18-14;1-5-4-6(9)2-3-7(5)8;8-7-5-2-4-10-6(5)1-3-9-7;1-4-6(7)5(2)9-3-8-4;1-2;2-1-4-3;;;;/h6-12H,1-5H3;4-11H,1-3H3;2-8H,1H3;1-8H3;2-4,9H,1H3;1-4H;3H,1-2H3;1-2H;1,3H;1H4;;;/q;;;;;;;;;;2*+1;-1/p-1. The molecule has 124 heavy (non-hydrogen) atoms. The Kier molecular flexibility index (Phi) is 40.7. The number of phenolic OH excluding ortho intramolecular Hbond substituents is 1. The van der Waals surface area contributed by atoms with Crippen LogP contribution in [0.1, 0.15) is 137 Å². The SMILES string of the molecule is C.C#C.CC1(C)OB(B2OC(C)(C)C(C)(C)O2)OC1(C)C.Cc1cc(O)ccc1Br.Cc1cc(Oc2nccc3occc23)ccc1-c1c(C)ncnc1C.Cc1cc(Oc2nccc3occc23)ccc1B1OC(C)(C)C(C)(C)O1.Cc1cc(Oc2nccc3occc23)ccc1Br.Cc1ncnc(C)c1Br.Clc1nccc2occc12.O=CO[O-].[Cs+].[Cs+].[H-]. The van der Waals surface area contributed by atoms with Crippen LogP contribution in [0, 0.1) is 68.2 Å². The maximum atomic E-state index is 8.92. The minimum Gasteiger partial charge on any atom is -1.00 e. The summed E-state index contributed by atoms with van der Waals surface area (Å²) < 4.78 is 78.2. The zero-order chi connectivity index (χ0) is 88.5. The van der Waals surface area contributed by atoms with Gasteiger partial charge in [0.25, 0.3) is 6.47 Å². The second kappa shape index (κ2) is 47.4. The topological polar surface area (TPSA) is 308 Å². The summed E-state index contributed by atoms with van der Waals surface area (Å²) in [5, 5.41) is 21.3. The molecular weight excluding hydrogens is 2040 g/mol. The number of halogens is 4. The molecule has 3 saturated heterocycles. The molecule has 10 aromatic heterocycles. The van der Waals surface area contributed by atoms with Crippen LogP contribution in [-0.4, -0.2) is 106 Å². The smallest absolute Gasteiger partial charge is 1.00 e. The van der Waals surface area contributed by atoms with Crippen LogP contribution in [-0.2, 0) is 37.6 Å². The quantitative estimate of drug-likeness (QED) is 0.0332. The first kappa shape index (κ1) is 107. The Morgan fingerprint density at radius 1 is 0.427 bits per heavy atom. The molecule has 0 spiro atoms. The molecule has 25 nitrogen and oxygen atoms in total. The largest absolute Gasteiger partial charge is 1.00 e. The van der Waals surface area contributed by atoms with E-state index in [0.717, 1.165) is 130 Å². The first-order chi connectivity index (χ1) is 57.2. The zero-order valence-corrected chi connectivity index (χ0v) is 90.9. The number of fused-ring (bicyclic) bond motifs is 4. The van der Waals surface area contributed by atoms with Crippen molar-refractivity contribution in [1.82, 2.24) is 39.9 Å². The molecule has 3 aliphatic heterocycles. The molecule has 13 heterocycles. The Balaban J connectivity index is 0.000000263. The van der Waals surface area contributed by atoms with Crippen molar-refractivity contribution < 1.29 is 219 Å². The molecule has 0 unspecified atom stereocenters. The second-order valence-corrected chi connectivity index (χ2v) is 33.6. The average Bonchev–Trinajstić information content (AvgIpc) is 1.62. The maximum absolute atomic E-state index is 8.92. The molecule has 640 valence electrons. The third-order valence-electron chi connectivity index (χ3n) is 20.7. The Morgan fingerprint density at radius 2 is 0.750 bits per heavy atom. The number of carbonyl (C=O) groups excluding carboxylic acids is 1. The summed E-state index contributed by atoms with van der Waals surface area (Å²) in [4.78, 5) is 44.6. The molecular formula is C90H99B3Br3ClCs2N8O17. The monoisotopic (exact) mass is 2130 g/mol. The van der Waals surface area contributed by atoms with Crippen molar-refractivity contribution >= 4 is 136 Å². The zero-order valence-electron chi connectivity index (χ0n) is 73.9. The van der Waals surface area contributed by atoms with Crippen LogP contribution < -0.4 is 163 Å². The van der Waals surface area contributed by atoms with Crippen molar-refractivity contribution in [3.63, 3.8) is 0 Å². The summed E-state index contributed by atoms with van der Waals surface area (Å²) in [7, 11) is -1.34. The normalized spacial score (nSPS) is 14.7. The number of aromatic hydroxyl groups is 1. The molecule has 1 N–H and O–H groups in total. The minimum atomic E-state index is -0.476. The van der Waals surface area contributed by atoms with E-state index in [4.69, 9.17) is 86.6 Å². The number of hydrogen-bond donors (Lipinski definition) is 1. The molecule has 34 heteroatoms. The molecule has 3 aliphatic rings. The molecule has 0 saturated carbocycles. The number of pyridine rings is 4. The third kappa shape index (κ3) is 27.4.